The number of amides is 1. The zero-order valence-corrected chi connectivity index (χ0v) is 12.1. The SMILES string of the molecule is CCN1CC2(CCN(CCCO)CC2)O[C@@H](C)C1=O. The fourth-order valence-electron chi connectivity index (χ4n) is 3.17. The van der Waals surface area contributed by atoms with Gasteiger partial charge in [0.15, 0.2) is 0 Å². The second-order valence-electron chi connectivity index (χ2n) is 5.71. The second-order valence-corrected chi connectivity index (χ2v) is 5.71. The summed E-state index contributed by atoms with van der Waals surface area (Å²) in [5.74, 6) is 0.121. The monoisotopic (exact) mass is 270 g/mol. The number of ether oxygens (including phenoxy) is 1. The Kier molecular flexibility index (Phi) is 4.81. The number of carbonyl (C=O) groups excluding carboxylic acids is 1. The lowest BCUT2D eigenvalue weighted by molar-refractivity contribution is -0.189. The second kappa shape index (κ2) is 6.20. The third-order valence-corrected chi connectivity index (χ3v) is 4.35. The molecule has 0 saturated carbocycles. The number of nitrogens with zero attached hydrogens (tertiary/aromatic N) is 2. The third kappa shape index (κ3) is 3.27. The molecule has 0 aromatic carbocycles. The van der Waals surface area contributed by atoms with Crippen LogP contribution in [-0.2, 0) is 9.53 Å². The van der Waals surface area contributed by atoms with E-state index in [2.05, 4.69) is 4.90 Å². The lowest BCUT2D eigenvalue weighted by Crippen LogP contribution is -2.61. The number of aliphatic hydroxyl groups excluding tert-OH is 1. The molecule has 0 aliphatic carbocycles. The topological polar surface area (TPSA) is 53.0 Å². The molecule has 110 valence electrons. The summed E-state index contributed by atoms with van der Waals surface area (Å²) in [6.45, 7) is 8.61. The van der Waals surface area contributed by atoms with Crippen molar-refractivity contribution in [1.82, 2.24) is 9.80 Å². The van der Waals surface area contributed by atoms with Gasteiger partial charge in [-0.15, -0.1) is 0 Å². The van der Waals surface area contributed by atoms with E-state index < -0.39 is 0 Å². The van der Waals surface area contributed by atoms with Gasteiger partial charge < -0.3 is 19.6 Å². The first-order chi connectivity index (χ1) is 9.10. The minimum atomic E-state index is -0.308. The van der Waals surface area contributed by atoms with E-state index in [-0.39, 0.29) is 24.2 Å². The summed E-state index contributed by atoms with van der Waals surface area (Å²) in [7, 11) is 0. The first-order valence-electron chi connectivity index (χ1n) is 7.40. The molecular weight excluding hydrogens is 244 g/mol. The largest absolute Gasteiger partial charge is 0.396 e. The molecule has 0 aromatic heterocycles. The molecule has 0 aromatic rings. The van der Waals surface area contributed by atoms with Gasteiger partial charge in [-0.1, -0.05) is 0 Å². The molecule has 0 bridgehead atoms. The summed E-state index contributed by atoms with van der Waals surface area (Å²) in [6, 6.07) is 0. The Balaban J connectivity index is 1.92. The van der Waals surface area contributed by atoms with Gasteiger partial charge in [0.1, 0.15) is 6.10 Å². The smallest absolute Gasteiger partial charge is 0.251 e. The van der Waals surface area contributed by atoms with Crippen molar-refractivity contribution in [3.8, 4) is 0 Å². The van der Waals surface area contributed by atoms with Crippen LogP contribution in [0.25, 0.3) is 0 Å². The van der Waals surface area contributed by atoms with Gasteiger partial charge in [0, 0.05) is 39.3 Å². The molecule has 2 aliphatic heterocycles. The van der Waals surface area contributed by atoms with Crippen molar-refractivity contribution in [3.63, 3.8) is 0 Å². The quantitative estimate of drug-likeness (QED) is 0.807. The number of hydrogen-bond acceptors (Lipinski definition) is 4. The Hall–Kier alpha value is -0.650. The molecule has 5 heteroatoms. The third-order valence-electron chi connectivity index (χ3n) is 4.35. The number of rotatable bonds is 4. The predicted molar refractivity (Wildman–Crippen MR) is 72.9 cm³/mol. The van der Waals surface area contributed by atoms with E-state index in [4.69, 9.17) is 9.84 Å². The minimum Gasteiger partial charge on any atom is -0.396 e. The molecule has 2 heterocycles. The van der Waals surface area contributed by atoms with Crippen LogP contribution in [0.5, 0.6) is 0 Å². The van der Waals surface area contributed by atoms with Crippen molar-refractivity contribution in [2.45, 2.75) is 44.8 Å². The van der Waals surface area contributed by atoms with Gasteiger partial charge in [-0.3, -0.25) is 4.79 Å². The predicted octanol–water partition coefficient (Wildman–Crippen LogP) is 0.471. The first-order valence-corrected chi connectivity index (χ1v) is 7.40. The summed E-state index contributed by atoms with van der Waals surface area (Å²) < 4.78 is 6.04. The molecule has 19 heavy (non-hydrogen) atoms. The first kappa shape index (κ1) is 14.8. The molecule has 5 nitrogen and oxygen atoms in total. The van der Waals surface area contributed by atoms with E-state index in [1.807, 2.05) is 18.7 Å². The molecule has 0 radical (unpaired) electrons. The van der Waals surface area contributed by atoms with Gasteiger partial charge in [0.05, 0.1) is 5.60 Å². The summed E-state index contributed by atoms with van der Waals surface area (Å²) in [6.07, 6.45) is 2.49. The number of morpholine rings is 1. The Morgan fingerprint density at radius 2 is 2.11 bits per heavy atom. The Morgan fingerprint density at radius 3 is 2.68 bits per heavy atom. The number of likely N-dealkylation sites (tertiary alicyclic amines) is 1. The molecular formula is C14H26N2O3. The van der Waals surface area contributed by atoms with E-state index in [1.165, 1.54) is 0 Å². The van der Waals surface area contributed by atoms with Crippen LogP contribution in [0, 0.1) is 0 Å². The van der Waals surface area contributed by atoms with Crippen molar-refractivity contribution in [3.05, 3.63) is 0 Å². The molecule has 2 saturated heterocycles. The molecule has 2 fully saturated rings. The summed E-state index contributed by atoms with van der Waals surface area (Å²) in [5, 5.41) is 8.87. The molecule has 2 rings (SSSR count). The van der Waals surface area contributed by atoms with Crippen molar-refractivity contribution in [2.24, 2.45) is 0 Å². The lowest BCUT2D eigenvalue weighted by atomic mass is 9.88. The van der Waals surface area contributed by atoms with E-state index in [0.29, 0.717) is 0 Å². The Labute approximate surface area is 115 Å². The normalized spacial score (nSPS) is 28.1. The highest BCUT2D eigenvalue weighted by Crippen LogP contribution is 2.32. The molecule has 2 aliphatic rings. The number of likely N-dealkylation sites (N-methyl/N-ethyl adjacent to an activating group) is 1. The van der Waals surface area contributed by atoms with Gasteiger partial charge >= 0.3 is 0 Å². The maximum atomic E-state index is 12.0. The zero-order valence-electron chi connectivity index (χ0n) is 12.1. The van der Waals surface area contributed by atoms with Crippen molar-refractivity contribution in [2.75, 3.05) is 39.3 Å². The standard InChI is InChI=1S/C14H26N2O3/c1-3-16-11-14(19-12(2)13(16)18)5-8-15(9-6-14)7-4-10-17/h12,17H,3-11H2,1-2H3/t12-/m0/s1. The van der Waals surface area contributed by atoms with Crippen molar-refractivity contribution < 1.29 is 14.6 Å². The highest BCUT2D eigenvalue weighted by atomic mass is 16.5. The van der Waals surface area contributed by atoms with Gasteiger partial charge in [-0.25, -0.2) is 0 Å². The number of hydrogen-bond donors (Lipinski definition) is 1. The van der Waals surface area contributed by atoms with Gasteiger partial charge in [-0.05, 0) is 33.1 Å². The van der Waals surface area contributed by atoms with Gasteiger partial charge in [-0.2, -0.15) is 0 Å². The van der Waals surface area contributed by atoms with Crippen LogP contribution < -0.4 is 0 Å². The van der Waals surface area contributed by atoms with E-state index in [0.717, 1.165) is 52.0 Å². The highest BCUT2D eigenvalue weighted by molar-refractivity contribution is 5.81. The molecule has 1 atom stereocenters. The number of carbonyl (C=O) groups is 1. The van der Waals surface area contributed by atoms with Crippen LogP contribution in [0.3, 0.4) is 0 Å². The van der Waals surface area contributed by atoms with Crippen molar-refractivity contribution >= 4 is 5.91 Å². The average molecular weight is 270 g/mol. The summed E-state index contributed by atoms with van der Waals surface area (Å²) >= 11 is 0. The zero-order chi connectivity index (χ0) is 13.9. The van der Waals surface area contributed by atoms with Gasteiger partial charge in [0.2, 0.25) is 0 Å². The molecule has 1 amide bonds. The Bertz CT molecular complexity index is 314. The maximum Gasteiger partial charge on any atom is 0.251 e. The van der Waals surface area contributed by atoms with Crippen LogP contribution in [0.15, 0.2) is 0 Å². The van der Waals surface area contributed by atoms with Crippen LogP contribution in [-0.4, -0.2) is 71.8 Å². The van der Waals surface area contributed by atoms with Crippen LogP contribution in [0.2, 0.25) is 0 Å². The van der Waals surface area contributed by atoms with Crippen molar-refractivity contribution in [1.29, 1.82) is 0 Å². The number of piperidine rings is 1. The maximum absolute atomic E-state index is 12.0. The highest BCUT2D eigenvalue weighted by Gasteiger charge is 2.44. The van der Waals surface area contributed by atoms with Crippen LogP contribution >= 0.6 is 0 Å². The van der Waals surface area contributed by atoms with E-state index >= 15 is 0 Å². The summed E-state index contributed by atoms with van der Waals surface area (Å²) in [4.78, 5) is 16.3. The minimum absolute atomic E-state index is 0.121. The van der Waals surface area contributed by atoms with E-state index in [9.17, 15) is 4.79 Å². The molecule has 0 unspecified atom stereocenters. The molecule has 1 N–H and O–H groups in total. The molecule has 1 spiro atoms. The van der Waals surface area contributed by atoms with Gasteiger partial charge in [0.25, 0.3) is 5.91 Å². The lowest BCUT2D eigenvalue weighted by Gasteiger charge is -2.48. The average Bonchev–Trinajstić information content (AvgIpc) is 2.42. The fraction of sp³-hybridized carbons (Fsp3) is 0.929. The summed E-state index contributed by atoms with van der Waals surface area (Å²) in [5.41, 5.74) is -0.140. The Morgan fingerprint density at radius 1 is 1.42 bits per heavy atom. The van der Waals surface area contributed by atoms with Crippen LogP contribution in [0.1, 0.15) is 33.1 Å². The van der Waals surface area contributed by atoms with Crippen LogP contribution in [0.4, 0.5) is 0 Å². The van der Waals surface area contributed by atoms with E-state index in [1.54, 1.807) is 0 Å². The fourth-order valence-corrected chi connectivity index (χ4v) is 3.17. The number of aliphatic hydroxyl groups is 1.